The van der Waals surface area contributed by atoms with Crippen LogP contribution in [0.1, 0.15) is 18.7 Å². The van der Waals surface area contributed by atoms with Gasteiger partial charge in [-0.3, -0.25) is 0 Å². The van der Waals surface area contributed by atoms with Crippen LogP contribution in [0, 0.1) is 0 Å². The maximum Gasteiger partial charge on any atom is 0.143 e. The van der Waals surface area contributed by atoms with Crippen molar-refractivity contribution < 1.29 is 4.74 Å². The Morgan fingerprint density at radius 3 is 2.57 bits per heavy atom. The van der Waals surface area contributed by atoms with Gasteiger partial charge in [-0.25, -0.2) is 9.97 Å². The van der Waals surface area contributed by atoms with Gasteiger partial charge < -0.3 is 10.1 Å². The molecule has 4 rings (SSSR count). The number of benzene rings is 2. The van der Waals surface area contributed by atoms with Gasteiger partial charge in [0.25, 0.3) is 0 Å². The van der Waals surface area contributed by atoms with Gasteiger partial charge in [0.15, 0.2) is 0 Å². The van der Waals surface area contributed by atoms with Crippen molar-refractivity contribution in [1.29, 1.82) is 0 Å². The number of nitrogens with zero attached hydrogens (tertiary/aromatic N) is 2. The predicted molar refractivity (Wildman–Crippen MR) is 121 cm³/mol. The lowest BCUT2D eigenvalue weighted by molar-refractivity contribution is 0.342. The summed E-state index contributed by atoms with van der Waals surface area (Å²) in [5.74, 6) is 1.61. The molecular weight excluding hydrogens is 434 g/mol. The van der Waals surface area contributed by atoms with E-state index in [9.17, 15) is 0 Å². The van der Waals surface area contributed by atoms with E-state index in [1.807, 2.05) is 31.2 Å². The number of fused-ring (bicyclic) bond motifs is 1. The summed E-state index contributed by atoms with van der Waals surface area (Å²) in [6, 6.07) is 16.3. The molecule has 0 aliphatic heterocycles. The quantitative estimate of drug-likeness (QED) is 0.347. The minimum absolute atomic E-state index is 0.612. The zero-order valence-electron chi connectivity index (χ0n) is 15.7. The number of thiophene rings is 1. The normalized spacial score (nSPS) is 11.0. The molecule has 0 bridgehead atoms. The minimum Gasteiger partial charge on any atom is -0.492 e. The topological polar surface area (TPSA) is 47.0 Å². The van der Waals surface area contributed by atoms with Gasteiger partial charge in [-0.05, 0) is 43.2 Å². The number of rotatable bonds is 6. The molecule has 0 saturated carbocycles. The number of hydrogen-bond acceptors (Lipinski definition) is 5. The van der Waals surface area contributed by atoms with Gasteiger partial charge in [-0.15, -0.1) is 11.3 Å². The van der Waals surface area contributed by atoms with Gasteiger partial charge in [-0.1, -0.05) is 47.1 Å². The van der Waals surface area contributed by atoms with E-state index in [1.165, 1.54) is 16.0 Å². The van der Waals surface area contributed by atoms with E-state index in [1.54, 1.807) is 17.7 Å². The van der Waals surface area contributed by atoms with E-state index in [2.05, 4.69) is 62.4 Å². The first-order chi connectivity index (χ1) is 13.7. The van der Waals surface area contributed by atoms with E-state index in [4.69, 9.17) is 4.74 Å². The van der Waals surface area contributed by atoms with Crippen LogP contribution in [0.3, 0.4) is 0 Å². The maximum absolute atomic E-state index is 5.77. The number of anilines is 2. The molecule has 0 aliphatic carbocycles. The van der Waals surface area contributed by atoms with Gasteiger partial charge in [0, 0.05) is 14.9 Å². The molecule has 2 heterocycles. The summed E-state index contributed by atoms with van der Waals surface area (Å²) < 4.78 is 6.83. The van der Waals surface area contributed by atoms with Crippen molar-refractivity contribution in [2.24, 2.45) is 0 Å². The second kappa shape index (κ2) is 8.29. The summed E-state index contributed by atoms with van der Waals surface area (Å²) in [4.78, 5) is 11.4. The number of halogens is 1. The van der Waals surface area contributed by atoms with Gasteiger partial charge in [0.1, 0.15) is 22.7 Å². The Bertz CT molecular complexity index is 1110. The molecule has 4 aromatic rings. The number of nitrogens with one attached hydrogen (secondary N) is 1. The predicted octanol–water partition coefficient (Wildman–Crippen LogP) is 6.83. The lowest BCUT2D eigenvalue weighted by Crippen LogP contribution is -2.00. The smallest absolute Gasteiger partial charge is 0.143 e. The Balaban J connectivity index is 1.88. The van der Waals surface area contributed by atoms with Crippen molar-refractivity contribution in [2.75, 3.05) is 11.9 Å². The number of aromatic nitrogens is 2. The van der Waals surface area contributed by atoms with Crippen LogP contribution in [0.25, 0.3) is 21.3 Å². The fourth-order valence-electron chi connectivity index (χ4n) is 3.22. The molecule has 142 valence electrons. The number of hydrogen-bond donors (Lipinski definition) is 1. The van der Waals surface area contributed by atoms with Crippen molar-refractivity contribution in [3.8, 4) is 16.9 Å². The maximum atomic E-state index is 5.77. The summed E-state index contributed by atoms with van der Waals surface area (Å²) in [5, 5.41) is 4.53. The molecule has 0 amide bonds. The van der Waals surface area contributed by atoms with E-state index in [0.29, 0.717) is 6.61 Å². The molecule has 0 radical (unpaired) electrons. The van der Waals surface area contributed by atoms with E-state index < -0.39 is 0 Å². The molecule has 0 saturated heterocycles. The number of para-hydroxylation sites is 2. The lowest BCUT2D eigenvalue weighted by atomic mass is 10.0. The zero-order chi connectivity index (χ0) is 19.5. The van der Waals surface area contributed by atoms with Crippen molar-refractivity contribution in [1.82, 2.24) is 9.97 Å². The summed E-state index contributed by atoms with van der Waals surface area (Å²) in [7, 11) is 0. The first kappa shape index (κ1) is 18.9. The second-order valence-electron chi connectivity index (χ2n) is 6.22. The molecule has 2 aromatic heterocycles. The van der Waals surface area contributed by atoms with Gasteiger partial charge in [0.2, 0.25) is 0 Å². The van der Waals surface area contributed by atoms with E-state index >= 15 is 0 Å². The molecule has 0 spiro atoms. The molecule has 4 nitrogen and oxygen atoms in total. The molecule has 6 heteroatoms. The Hall–Kier alpha value is -2.44. The molecule has 0 fully saturated rings. The van der Waals surface area contributed by atoms with Crippen LogP contribution in [0.15, 0.2) is 59.3 Å². The average Bonchev–Trinajstić information content (AvgIpc) is 3.10. The molecule has 1 N–H and O–H groups in total. The van der Waals surface area contributed by atoms with E-state index in [0.717, 1.165) is 38.4 Å². The van der Waals surface area contributed by atoms with Gasteiger partial charge >= 0.3 is 0 Å². The van der Waals surface area contributed by atoms with Crippen LogP contribution < -0.4 is 10.1 Å². The summed E-state index contributed by atoms with van der Waals surface area (Å²) in [5.41, 5.74) is 3.27. The van der Waals surface area contributed by atoms with Gasteiger partial charge in [0.05, 0.1) is 17.7 Å². The summed E-state index contributed by atoms with van der Waals surface area (Å²) in [6.07, 6.45) is 2.57. The second-order valence-corrected chi connectivity index (χ2v) is 8.22. The monoisotopic (exact) mass is 453 g/mol. The summed E-state index contributed by atoms with van der Waals surface area (Å²) in [6.45, 7) is 4.77. The first-order valence-electron chi connectivity index (χ1n) is 9.22. The Morgan fingerprint density at radius 1 is 1.04 bits per heavy atom. The zero-order valence-corrected chi connectivity index (χ0v) is 18.1. The fraction of sp³-hybridized carbons (Fsp3) is 0.182. The Morgan fingerprint density at radius 2 is 1.82 bits per heavy atom. The third-order valence-electron chi connectivity index (χ3n) is 4.46. The van der Waals surface area contributed by atoms with Crippen molar-refractivity contribution in [2.45, 2.75) is 20.3 Å². The van der Waals surface area contributed by atoms with Crippen molar-refractivity contribution in [3.05, 3.63) is 64.2 Å². The van der Waals surface area contributed by atoms with Crippen LogP contribution in [-0.2, 0) is 6.42 Å². The van der Waals surface area contributed by atoms with Gasteiger partial charge in [-0.2, -0.15) is 0 Å². The molecule has 0 aliphatic rings. The van der Waals surface area contributed by atoms with Crippen LogP contribution in [0.4, 0.5) is 11.5 Å². The first-order valence-corrected chi connectivity index (χ1v) is 10.8. The third-order valence-corrected chi connectivity index (χ3v) is 6.23. The number of aryl methyl sites for hydroxylation is 1. The molecule has 0 unspecified atom stereocenters. The standard InChI is InChI=1S/C22H20BrN3OS/c1-3-18-19(14-9-11-15(23)12-10-14)20-21(24-13-25-22(20)28-18)26-16-7-5-6-8-17(16)27-4-2/h5-13H,3-4H2,1-2H3,(H,24,25,26). The van der Waals surface area contributed by atoms with Crippen LogP contribution in [-0.4, -0.2) is 16.6 Å². The molecule has 2 aromatic carbocycles. The summed E-state index contributed by atoms with van der Waals surface area (Å²) >= 11 is 5.26. The lowest BCUT2D eigenvalue weighted by Gasteiger charge is -2.13. The largest absolute Gasteiger partial charge is 0.492 e. The fourth-order valence-corrected chi connectivity index (χ4v) is 4.59. The van der Waals surface area contributed by atoms with Crippen LogP contribution >= 0.6 is 27.3 Å². The highest BCUT2D eigenvalue weighted by Crippen LogP contribution is 2.42. The highest BCUT2D eigenvalue weighted by atomic mass is 79.9. The molecular formula is C22H20BrN3OS. The highest BCUT2D eigenvalue weighted by Gasteiger charge is 2.19. The third kappa shape index (κ3) is 3.62. The average molecular weight is 454 g/mol. The van der Waals surface area contributed by atoms with E-state index in [-0.39, 0.29) is 0 Å². The molecule has 0 atom stereocenters. The molecule has 28 heavy (non-hydrogen) atoms. The van der Waals surface area contributed by atoms with Crippen molar-refractivity contribution >= 4 is 49.0 Å². The minimum atomic E-state index is 0.612. The Labute approximate surface area is 176 Å². The SMILES string of the molecule is CCOc1ccccc1Nc1ncnc2sc(CC)c(-c3ccc(Br)cc3)c12. The van der Waals surface area contributed by atoms with Crippen LogP contribution in [0.5, 0.6) is 5.75 Å². The Kier molecular flexibility index (Phi) is 5.59. The van der Waals surface area contributed by atoms with Crippen LogP contribution in [0.2, 0.25) is 0 Å². The highest BCUT2D eigenvalue weighted by molar-refractivity contribution is 9.10. The van der Waals surface area contributed by atoms with Crippen molar-refractivity contribution in [3.63, 3.8) is 0 Å². The number of ether oxygens (including phenoxy) is 1.